The predicted octanol–water partition coefficient (Wildman–Crippen LogP) is 3.05. The van der Waals surface area contributed by atoms with Crippen LogP contribution in [-0.2, 0) is 4.79 Å². The maximum absolute atomic E-state index is 12.6. The minimum atomic E-state index is -0.763. The summed E-state index contributed by atoms with van der Waals surface area (Å²) in [6.45, 7) is 9.20. The van der Waals surface area contributed by atoms with Gasteiger partial charge in [-0.15, -0.1) is 0 Å². The summed E-state index contributed by atoms with van der Waals surface area (Å²) < 4.78 is 0. The lowest BCUT2D eigenvalue weighted by molar-refractivity contribution is -0.152. The SMILES string of the molecule is CCCC1(C(=O)O)CCCN(C(=O)N(C)C(C)C(C)C)C1. The fourth-order valence-corrected chi connectivity index (χ4v) is 3.10. The van der Waals surface area contributed by atoms with Crippen LogP contribution in [0.25, 0.3) is 0 Å². The van der Waals surface area contributed by atoms with Crippen LogP contribution in [-0.4, -0.2) is 53.1 Å². The van der Waals surface area contributed by atoms with E-state index in [9.17, 15) is 14.7 Å². The van der Waals surface area contributed by atoms with Crippen molar-refractivity contribution in [1.82, 2.24) is 9.80 Å². The number of urea groups is 1. The van der Waals surface area contributed by atoms with E-state index in [1.165, 1.54) is 0 Å². The molecule has 1 N–H and O–H groups in total. The van der Waals surface area contributed by atoms with E-state index in [0.717, 1.165) is 12.8 Å². The van der Waals surface area contributed by atoms with E-state index in [1.807, 2.05) is 20.9 Å². The average Bonchev–Trinajstić information content (AvgIpc) is 2.45. The van der Waals surface area contributed by atoms with Crippen LogP contribution in [0, 0.1) is 11.3 Å². The van der Waals surface area contributed by atoms with Crippen LogP contribution in [0.1, 0.15) is 53.4 Å². The second kappa shape index (κ2) is 7.14. The van der Waals surface area contributed by atoms with Crippen molar-refractivity contribution in [2.45, 2.75) is 59.4 Å². The first kappa shape index (κ1) is 17.8. The third kappa shape index (κ3) is 3.89. The highest BCUT2D eigenvalue weighted by Crippen LogP contribution is 2.35. The fourth-order valence-electron chi connectivity index (χ4n) is 3.10. The highest BCUT2D eigenvalue weighted by atomic mass is 16.4. The van der Waals surface area contributed by atoms with Crippen molar-refractivity contribution in [2.75, 3.05) is 20.1 Å². The van der Waals surface area contributed by atoms with Crippen molar-refractivity contribution < 1.29 is 14.7 Å². The molecular formula is C16H30N2O3. The summed E-state index contributed by atoms with van der Waals surface area (Å²) in [5.74, 6) is -0.384. The van der Waals surface area contributed by atoms with Gasteiger partial charge in [0.05, 0.1) is 5.41 Å². The summed E-state index contributed by atoms with van der Waals surface area (Å²) in [5, 5.41) is 9.60. The van der Waals surface area contributed by atoms with Gasteiger partial charge in [-0.2, -0.15) is 0 Å². The van der Waals surface area contributed by atoms with Crippen molar-refractivity contribution in [3.63, 3.8) is 0 Å². The van der Waals surface area contributed by atoms with Crippen LogP contribution in [0.2, 0.25) is 0 Å². The number of carboxylic acids is 1. The topological polar surface area (TPSA) is 60.9 Å². The quantitative estimate of drug-likeness (QED) is 0.848. The molecule has 0 bridgehead atoms. The molecular weight excluding hydrogens is 268 g/mol. The van der Waals surface area contributed by atoms with E-state index in [2.05, 4.69) is 13.8 Å². The third-order valence-corrected chi connectivity index (χ3v) is 4.91. The van der Waals surface area contributed by atoms with E-state index >= 15 is 0 Å². The molecule has 2 atom stereocenters. The molecule has 2 unspecified atom stereocenters. The Morgan fingerprint density at radius 1 is 1.33 bits per heavy atom. The molecule has 1 aliphatic rings. The molecule has 2 amide bonds. The molecule has 0 radical (unpaired) electrons. The molecule has 0 saturated carbocycles. The number of carbonyl (C=O) groups excluding carboxylic acids is 1. The Morgan fingerprint density at radius 2 is 1.95 bits per heavy atom. The van der Waals surface area contributed by atoms with Crippen molar-refractivity contribution >= 4 is 12.0 Å². The largest absolute Gasteiger partial charge is 0.481 e. The number of carbonyl (C=O) groups is 2. The highest BCUT2D eigenvalue weighted by molar-refractivity contribution is 5.79. The number of hydrogen-bond donors (Lipinski definition) is 1. The lowest BCUT2D eigenvalue weighted by Crippen LogP contribution is -2.54. The highest BCUT2D eigenvalue weighted by Gasteiger charge is 2.43. The van der Waals surface area contributed by atoms with Gasteiger partial charge in [0.2, 0.25) is 0 Å². The van der Waals surface area contributed by atoms with Crippen molar-refractivity contribution in [1.29, 1.82) is 0 Å². The van der Waals surface area contributed by atoms with Crippen LogP contribution < -0.4 is 0 Å². The van der Waals surface area contributed by atoms with E-state index in [1.54, 1.807) is 9.80 Å². The van der Waals surface area contributed by atoms with Gasteiger partial charge < -0.3 is 14.9 Å². The molecule has 0 spiro atoms. The Bertz CT molecular complexity index is 380. The van der Waals surface area contributed by atoms with E-state index in [-0.39, 0.29) is 12.1 Å². The number of rotatable bonds is 5. The van der Waals surface area contributed by atoms with Gasteiger partial charge in [0.15, 0.2) is 0 Å². The number of likely N-dealkylation sites (tertiary alicyclic amines) is 1. The van der Waals surface area contributed by atoms with E-state index in [0.29, 0.717) is 31.8 Å². The van der Waals surface area contributed by atoms with Gasteiger partial charge in [0.25, 0.3) is 0 Å². The molecule has 0 aromatic carbocycles. The number of nitrogens with zero attached hydrogens (tertiary/aromatic N) is 2. The van der Waals surface area contributed by atoms with Gasteiger partial charge in [-0.1, -0.05) is 27.2 Å². The first-order chi connectivity index (χ1) is 9.75. The van der Waals surface area contributed by atoms with Crippen LogP contribution in [0.4, 0.5) is 4.79 Å². The van der Waals surface area contributed by atoms with E-state index in [4.69, 9.17) is 0 Å². The second-order valence-corrected chi connectivity index (χ2v) is 6.74. The predicted molar refractivity (Wildman–Crippen MR) is 83.2 cm³/mol. The summed E-state index contributed by atoms with van der Waals surface area (Å²) in [7, 11) is 1.81. The number of piperidine rings is 1. The summed E-state index contributed by atoms with van der Waals surface area (Å²) in [5.41, 5.74) is -0.759. The zero-order valence-electron chi connectivity index (χ0n) is 14.1. The molecule has 1 fully saturated rings. The van der Waals surface area contributed by atoms with Gasteiger partial charge in [0, 0.05) is 26.2 Å². The number of hydrogen-bond acceptors (Lipinski definition) is 2. The molecule has 0 aromatic rings. The molecule has 122 valence electrons. The number of aliphatic carboxylic acids is 1. The molecule has 1 rings (SSSR count). The minimum Gasteiger partial charge on any atom is -0.481 e. The molecule has 1 aliphatic heterocycles. The molecule has 21 heavy (non-hydrogen) atoms. The summed E-state index contributed by atoms with van der Waals surface area (Å²) in [6.07, 6.45) is 2.90. The van der Waals surface area contributed by atoms with Gasteiger partial charge in [-0.05, 0) is 32.1 Å². The monoisotopic (exact) mass is 298 g/mol. The molecule has 5 heteroatoms. The molecule has 1 saturated heterocycles. The van der Waals surface area contributed by atoms with Gasteiger partial charge >= 0.3 is 12.0 Å². The van der Waals surface area contributed by atoms with Crippen LogP contribution in [0.15, 0.2) is 0 Å². The lowest BCUT2D eigenvalue weighted by Gasteiger charge is -2.42. The average molecular weight is 298 g/mol. The third-order valence-electron chi connectivity index (χ3n) is 4.91. The summed E-state index contributed by atoms with van der Waals surface area (Å²) >= 11 is 0. The fraction of sp³-hybridized carbons (Fsp3) is 0.875. The molecule has 5 nitrogen and oxygen atoms in total. The Balaban J connectivity index is 2.84. The number of amides is 2. The van der Waals surface area contributed by atoms with Gasteiger partial charge in [-0.25, -0.2) is 4.79 Å². The smallest absolute Gasteiger partial charge is 0.320 e. The lowest BCUT2D eigenvalue weighted by atomic mass is 9.76. The first-order valence-corrected chi connectivity index (χ1v) is 8.00. The minimum absolute atomic E-state index is 0.0439. The molecule has 0 aliphatic carbocycles. The Labute approximate surface area is 128 Å². The van der Waals surface area contributed by atoms with Gasteiger partial charge in [0.1, 0.15) is 0 Å². The van der Waals surface area contributed by atoms with Crippen LogP contribution in [0.3, 0.4) is 0 Å². The Hall–Kier alpha value is -1.26. The maximum Gasteiger partial charge on any atom is 0.320 e. The summed E-state index contributed by atoms with van der Waals surface area (Å²) in [6, 6.07) is 0.0995. The Morgan fingerprint density at radius 3 is 2.43 bits per heavy atom. The number of carboxylic acid groups (broad SMARTS) is 1. The van der Waals surface area contributed by atoms with E-state index < -0.39 is 11.4 Å². The van der Waals surface area contributed by atoms with Gasteiger partial charge in [-0.3, -0.25) is 4.79 Å². The normalized spacial score (nSPS) is 24.0. The zero-order valence-corrected chi connectivity index (χ0v) is 14.1. The Kier molecular flexibility index (Phi) is 6.05. The first-order valence-electron chi connectivity index (χ1n) is 8.00. The molecule has 0 aromatic heterocycles. The summed E-state index contributed by atoms with van der Waals surface area (Å²) in [4.78, 5) is 27.8. The zero-order chi connectivity index (χ0) is 16.2. The van der Waals surface area contributed by atoms with Crippen LogP contribution >= 0.6 is 0 Å². The standard InChI is InChI=1S/C16H30N2O3/c1-6-8-16(14(19)20)9-7-10-18(11-16)15(21)17(5)13(4)12(2)3/h12-13H,6-11H2,1-5H3,(H,19,20). The molecule has 1 heterocycles. The van der Waals surface area contributed by atoms with Crippen molar-refractivity contribution in [3.8, 4) is 0 Å². The maximum atomic E-state index is 12.6. The van der Waals surface area contributed by atoms with Crippen molar-refractivity contribution in [2.24, 2.45) is 11.3 Å². The second-order valence-electron chi connectivity index (χ2n) is 6.74. The van der Waals surface area contributed by atoms with Crippen LogP contribution in [0.5, 0.6) is 0 Å². The van der Waals surface area contributed by atoms with Crippen molar-refractivity contribution in [3.05, 3.63) is 0 Å².